The first-order valence-electron chi connectivity index (χ1n) is 5.87. The Labute approximate surface area is 101 Å². The van der Waals surface area contributed by atoms with Crippen molar-refractivity contribution in [3.8, 4) is 11.4 Å². The normalized spacial score (nSPS) is 12.6. The average Bonchev–Trinajstić information content (AvgIpc) is 2.71. The monoisotopic (exact) mass is 230 g/mol. The lowest BCUT2D eigenvalue weighted by Gasteiger charge is -2.04. The summed E-state index contributed by atoms with van der Waals surface area (Å²) >= 11 is 0. The SMILES string of the molecule is Cc1[nH]c(CC(C)CN)nc1-c1ccccn1. The van der Waals surface area contributed by atoms with E-state index in [4.69, 9.17) is 5.73 Å². The van der Waals surface area contributed by atoms with Crippen LogP contribution in [-0.4, -0.2) is 21.5 Å². The summed E-state index contributed by atoms with van der Waals surface area (Å²) in [5, 5.41) is 0. The molecule has 3 N–H and O–H groups in total. The van der Waals surface area contributed by atoms with Gasteiger partial charge in [0, 0.05) is 18.3 Å². The first-order valence-corrected chi connectivity index (χ1v) is 5.87. The number of pyridine rings is 1. The van der Waals surface area contributed by atoms with Crippen LogP contribution in [0.3, 0.4) is 0 Å². The van der Waals surface area contributed by atoms with Crippen LogP contribution in [0.4, 0.5) is 0 Å². The lowest BCUT2D eigenvalue weighted by atomic mass is 10.1. The first-order chi connectivity index (χ1) is 8.20. The van der Waals surface area contributed by atoms with Crippen LogP contribution in [-0.2, 0) is 6.42 Å². The number of aromatic nitrogens is 3. The summed E-state index contributed by atoms with van der Waals surface area (Å²) in [6.45, 7) is 4.82. The summed E-state index contributed by atoms with van der Waals surface area (Å²) < 4.78 is 0. The van der Waals surface area contributed by atoms with Crippen LogP contribution >= 0.6 is 0 Å². The van der Waals surface area contributed by atoms with Crippen LogP contribution in [0.2, 0.25) is 0 Å². The highest BCUT2D eigenvalue weighted by Crippen LogP contribution is 2.19. The molecule has 2 aromatic rings. The number of nitrogens with one attached hydrogen (secondary N) is 1. The summed E-state index contributed by atoms with van der Waals surface area (Å²) in [7, 11) is 0. The molecule has 0 spiro atoms. The minimum Gasteiger partial charge on any atom is -0.346 e. The largest absolute Gasteiger partial charge is 0.346 e. The van der Waals surface area contributed by atoms with Crippen molar-refractivity contribution in [3.63, 3.8) is 0 Å². The van der Waals surface area contributed by atoms with E-state index >= 15 is 0 Å². The van der Waals surface area contributed by atoms with E-state index in [9.17, 15) is 0 Å². The van der Waals surface area contributed by atoms with Crippen LogP contribution in [0.25, 0.3) is 11.4 Å². The Bertz CT molecular complexity index is 475. The molecule has 0 amide bonds. The van der Waals surface area contributed by atoms with Gasteiger partial charge in [-0.3, -0.25) is 4.98 Å². The maximum atomic E-state index is 5.62. The molecule has 0 saturated carbocycles. The maximum Gasteiger partial charge on any atom is 0.110 e. The average molecular weight is 230 g/mol. The summed E-state index contributed by atoms with van der Waals surface area (Å²) in [6, 6.07) is 5.85. The van der Waals surface area contributed by atoms with Gasteiger partial charge in [0.25, 0.3) is 0 Å². The van der Waals surface area contributed by atoms with E-state index in [0.29, 0.717) is 12.5 Å². The van der Waals surface area contributed by atoms with Gasteiger partial charge in [0.05, 0.1) is 5.69 Å². The molecule has 2 aromatic heterocycles. The molecule has 0 fully saturated rings. The fourth-order valence-corrected chi connectivity index (χ4v) is 1.78. The summed E-state index contributed by atoms with van der Waals surface area (Å²) in [5.41, 5.74) is 8.53. The summed E-state index contributed by atoms with van der Waals surface area (Å²) in [6.07, 6.45) is 2.66. The van der Waals surface area contributed by atoms with Crippen molar-refractivity contribution in [2.45, 2.75) is 20.3 Å². The molecule has 0 saturated heterocycles. The van der Waals surface area contributed by atoms with Gasteiger partial charge >= 0.3 is 0 Å². The van der Waals surface area contributed by atoms with E-state index in [-0.39, 0.29) is 0 Å². The zero-order valence-corrected chi connectivity index (χ0v) is 10.3. The van der Waals surface area contributed by atoms with Gasteiger partial charge in [0.2, 0.25) is 0 Å². The van der Waals surface area contributed by atoms with E-state index in [1.165, 1.54) is 0 Å². The lowest BCUT2D eigenvalue weighted by molar-refractivity contribution is 0.577. The summed E-state index contributed by atoms with van der Waals surface area (Å²) in [4.78, 5) is 12.2. The minimum absolute atomic E-state index is 0.442. The van der Waals surface area contributed by atoms with Crippen molar-refractivity contribution in [2.24, 2.45) is 11.7 Å². The van der Waals surface area contributed by atoms with Crippen LogP contribution in [0.15, 0.2) is 24.4 Å². The Morgan fingerprint density at radius 3 is 2.88 bits per heavy atom. The van der Waals surface area contributed by atoms with E-state index < -0.39 is 0 Å². The second kappa shape index (κ2) is 5.10. The quantitative estimate of drug-likeness (QED) is 0.843. The highest BCUT2D eigenvalue weighted by molar-refractivity contribution is 5.56. The molecule has 1 unspecified atom stereocenters. The third-order valence-electron chi connectivity index (χ3n) is 2.79. The van der Waals surface area contributed by atoms with Gasteiger partial charge in [-0.25, -0.2) is 4.98 Å². The van der Waals surface area contributed by atoms with E-state index in [1.807, 2.05) is 25.1 Å². The van der Waals surface area contributed by atoms with Crippen LogP contribution < -0.4 is 5.73 Å². The van der Waals surface area contributed by atoms with Crippen molar-refractivity contribution in [3.05, 3.63) is 35.9 Å². The van der Waals surface area contributed by atoms with Crippen LogP contribution in [0, 0.1) is 12.8 Å². The number of nitrogens with two attached hydrogens (primary N) is 1. The minimum atomic E-state index is 0.442. The standard InChI is InChI=1S/C13H18N4/c1-9(8-14)7-12-16-10(2)13(17-12)11-5-3-4-6-15-11/h3-6,9H,7-8,14H2,1-2H3,(H,16,17). The smallest absolute Gasteiger partial charge is 0.110 e. The highest BCUT2D eigenvalue weighted by Gasteiger charge is 2.11. The van der Waals surface area contributed by atoms with Gasteiger partial charge in [-0.1, -0.05) is 13.0 Å². The zero-order chi connectivity index (χ0) is 12.3. The van der Waals surface area contributed by atoms with Gasteiger partial charge in [-0.05, 0) is 31.5 Å². The molecule has 4 nitrogen and oxygen atoms in total. The topological polar surface area (TPSA) is 67.6 Å². The van der Waals surface area contributed by atoms with Gasteiger partial charge < -0.3 is 10.7 Å². The predicted molar refractivity (Wildman–Crippen MR) is 68.5 cm³/mol. The van der Waals surface area contributed by atoms with Gasteiger partial charge in [-0.15, -0.1) is 0 Å². The molecule has 0 radical (unpaired) electrons. The third-order valence-corrected chi connectivity index (χ3v) is 2.79. The van der Waals surface area contributed by atoms with Crippen molar-refractivity contribution in [1.82, 2.24) is 15.0 Å². The Morgan fingerprint density at radius 2 is 2.24 bits per heavy atom. The number of imidazole rings is 1. The number of aryl methyl sites for hydroxylation is 1. The Balaban J connectivity index is 2.25. The zero-order valence-electron chi connectivity index (χ0n) is 10.3. The molecule has 17 heavy (non-hydrogen) atoms. The van der Waals surface area contributed by atoms with Crippen molar-refractivity contribution >= 4 is 0 Å². The Morgan fingerprint density at radius 1 is 1.41 bits per heavy atom. The molecule has 0 aliphatic rings. The molecular formula is C13H18N4. The number of aromatic amines is 1. The number of rotatable bonds is 4. The second-order valence-electron chi connectivity index (χ2n) is 4.42. The molecule has 0 aliphatic heterocycles. The lowest BCUT2D eigenvalue weighted by Crippen LogP contribution is -2.13. The molecule has 0 aromatic carbocycles. The van der Waals surface area contributed by atoms with E-state index in [1.54, 1.807) is 6.20 Å². The molecular weight excluding hydrogens is 212 g/mol. The van der Waals surface area contributed by atoms with Gasteiger partial charge in [-0.2, -0.15) is 0 Å². The summed E-state index contributed by atoms with van der Waals surface area (Å²) in [5.74, 6) is 1.43. The number of hydrogen-bond donors (Lipinski definition) is 2. The van der Waals surface area contributed by atoms with Gasteiger partial charge in [0.1, 0.15) is 11.5 Å². The van der Waals surface area contributed by atoms with Gasteiger partial charge in [0.15, 0.2) is 0 Å². The Hall–Kier alpha value is -1.68. The molecule has 2 rings (SSSR count). The molecule has 90 valence electrons. The molecule has 0 aliphatic carbocycles. The Kier molecular flexibility index (Phi) is 3.54. The van der Waals surface area contributed by atoms with Crippen molar-refractivity contribution < 1.29 is 0 Å². The third kappa shape index (κ3) is 2.71. The van der Waals surface area contributed by atoms with Crippen LogP contribution in [0.1, 0.15) is 18.4 Å². The maximum absolute atomic E-state index is 5.62. The van der Waals surface area contributed by atoms with Crippen molar-refractivity contribution in [1.29, 1.82) is 0 Å². The number of hydrogen-bond acceptors (Lipinski definition) is 3. The molecule has 1 atom stereocenters. The highest BCUT2D eigenvalue weighted by atomic mass is 14.9. The van der Waals surface area contributed by atoms with E-state index in [0.717, 1.165) is 29.3 Å². The molecule has 4 heteroatoms. The fraction of sp³-hybridized carbons (Fsp3) is 0.385. The second-order valence-corrected chi connectivity index (χ2v) is 4.42. The number of H-pyrrole nitrogens is 1. The fourth-order valence-electron chi connectivity index (χ4n) is 1.78. The van der Waals surface area contributed by atoms with Crippen molar-refractivity contribution in [2.75, 3.05) is 6.54 Å². The first kappa shape index (κ1) is 11.8. The van der Waals surface area contributed by atoms with E-state index in [2.05, 4.69) is 21.9 Å². The predicted octanol–water partition coefficient (Wildman–Crippen LogP) is 1.92. The van der Waals surface area contributed by atoms with Crippen LogP contribution in [0.5, 0.6) is 0 Å². The molecule has 2 heterocycles. The molecule has 0 bridgehead atoms. The number of nitrogens with zero attached hydrogens (tertiary/aromatic N) is 2.